The van der Waals surface area contributed by atoms with Gasteiger partial charge in [-0.05, 0) is 50.3 Å². The highest BCUT2D eigenvalue weighted by Crippen LogP contribution is 2.33. The molecule has 23 heavy (non-hydrogen) atoms. The van der Waals surface area contributed by atoms with Crippen molar-refractivity contribution in [3.63, 3.8) is 0 Å². The van der Waals surface area contributed by atoms with Crippen molar-refractivity contribution in [2.45, 2.75) is 18.9 Å². The zero-order valence-corrected chi connectivity index (χ0v) is 14.1. The third-order valence-electron chi connectivity index (χ3n) is 5.13. The van der Waals surface area contributed by atoms with Gasteiger partial charge in [0, 0.05) is 38.3 Å². The fourth-order valence-corrected chi connectivity index (χ4v) is 3.67. The molecule has 2 saturated heterocycles. The van der Waals surface area contributed by atoms with Gasteiger partial charge in [-0.15, -0.1) is 4.91 Å². The van der Waals surface area contributed by atoms with Crippen LogP contribution in [0.5, 0.6) is 5.75 Å². The van der Waals surface area contributed by atoms with Gasteiger partial charge in [0.2, 0.25) is 0 Å². The first-order valence-corrected chi connectivity index (χ1v) is 8.40. The Hall–Kier alpha value is -1.66. The molecule has 6 nitrogen and oxygen atoms in total. The number of likely N-dealkylation sites (tertiary alicyclic amines) is 1. The van der Waals surface area contributed by atoms with Gasteiger partial charge < -0.3 is 14.5 Å². The maximum atomic E-state index is 10.7. The maximum Gasteiger partial charge on any atom is 0.144 e. The molecule has 0 atom stereocenters. The molecule has 2 aliphatic heterocycles. The zero-order valence-electron chi connectivity index (χ0n) is 14.1. The molecular weight excluding hydrogens is 292 g/mol. The molecule has 1 aromatic rings. The second-order valence-electron chi connectivity index (χ2n) is 6.50. The van der Waals surface area contributed by atoms with E-state index in [1.807, 2.05) is 6.07 Å². The molecule has 126 valence electrons. The second kappa shape index (κ2) is 7.27. The molecular formula is C17H26N4O2. The lowest BCUT2D eigenvalue weighted by atomic mass is 10.0. The van der Waals surface area contributed by atoms with Crippen molar-refractivity contribution in [1.29, 1.82) is 0 Å². The van der Waals surface area contributed by atoms with Gasteiger partial charge in [-0.3, -0.25) is 4.90 Å². The van der Waals surface area contributed by atoms with Gasteiger partial charge in [-0.2, -0.15) is 0 Å². The van der Waals surface area contributed by atoms with Crippen LogP contribution < -0.4 is 9.64 Å². The number of nitrogens with zero attached hydrogens (tertiary/aromatic N) is 4. The van der Waals surface area contributed by atoms with Crippen molar-refractivity contribution in [3.05, 3.63) is 23.1 Å². The van der Waals surface area contributed by atoms with Gasteiger partial charge in [0.15, 0.2) is 0 Å². The molecule has 6 heteroatoms. The quantitative estimate of drug-likeness (QED) is 0.797. The molecule has 0 amide bonds. The number of hydrogen-bond donors (Lipinski definition) is 0. The van der Waals surface area contributed by atoms with Crippen LogP contribution >= 0.6 is 0 Å². The lowest BCUT2D eigenvalue weighted by Gasteiger charge is -2.43. The third-order valence-corrected chi connectivity index (χ3v) is 5.13. The Morgan fingerprint density at radius 2 is 1.78 bits per heavy atom. The van der Waals surface area contributed by atoms with Crippen molar-refractivity contribution in [2.75, 3.05) is 58.3 Å². The molecule has 2 heterocycles. The van der Waals surface area contributed by atoms with Crippen LogP contribution in [-0.4, -0.2) is 69.3 Å². The molecule has 3 rings (SSSR count). The van der Waals surface area contributed by atoms with E-state index in [-0.39, 0.29) is 0 Å². The predicted octanol–water partition coefficient (Wildman–Crippen LogP) is 2.31. The van der Waals surface area contributed by atoms with Crippen molar-refractivity contribution in [1.82, 2.24) is 9.80 Å². The summed E-state index contributed by atoms with van der Waals surface area (Å²) in [6, 6.07) is 6.15. The van der Waals surface area contributed by atoms with Crippen LogP contribution in [0.25, 0.3) is 0 Å². The SMILES string of the molecule is COc1cc(N=O)ccc1N1CCN(C2CCN(C)CC2)CC1. The van der Waals surface area contributed by atoms with E-state index in [1.54, 1.807) is 19.2 Å². The number of nitroso groups, excluding NO2 is 1. The van der Waals surface area contributed by atoms with Gasteiger partial charge in [-0.1, -0.05) is 0 Å². The molecule has 0 aliphatic carbocycles. The number of piperazine rings is 1. The largest absolute Gasteiger partial charge is 0.495 e. The van der Waals surface area contributed by atoms with Crippen LogP contribution in [0.2, 0.25) is 0 Å². The molecule has 0 bridgehead atoms. The first-order chi connectivity index (χ1) is 11.2. The monoisotopic (exact) mass is 318 g/mol. The standard InChI is InChI=1S/C17H26N4O2/c1-19-7-5-15(6-8-19)20-9-11-21(12-10-20)16-4-3-14(18-22)13-17(16)23-2/h3-4,13,15H,5-12H2,1-2H3. The highest BCUT2D eigenvalue weighted by atomic mass is 16.5. The Kier molecular flexibility index (Phi) is 5.13. The van der Waals surface area contributed by atoms with Crippen LogP contribution in [0.1, 0.15) is 12.8 Å². The number of benzene rings is 1. The highest BCUT2D eigenvalue weighted by molar-refractivity contribution is 5.64. The number of hydrogen-bond acceptors (Lipinski definition) is 6. The van der Waals surface area contributed by atoms with E-state index in [2.05, 4.69) is 26.9 Å². The number of ether oxygens (including phenoxy) is 1. The Morgan fingerprint density at radius 3 is 2.39 bits per heavy atom. The Balaban J connectivity index is 1.61. The number of methoxy groups -OCH3 is 1. The summed E-state index contributed by atoms with van der Waals surface area (Å²) in [5.41, 5.74) is 1.47. The van der Waals surface area contributed by atoms with Crippen molar-refractivity contribution in [3.8, 4) is 5.75 Å². The lowest BCUT2D eigenvalue weighted by molar-refractivity contribution is 0.115. The minimum Gasteiger partial charge on any atom is -0.495 e. The molecule has 0 unspecified atom stereocenters. The molecule has 0 saturated carbocycles. The average molecular weight is 318 g/mol. The summed E-state index contributed by atoms with van der Waals surface area (Å²) in [6.07, 6.45) is 2.55. The molecule has 0 N–H and O–H groups in total. The minimum atomic E-state index is 0.413. The molecule has 1 aromatic carbocycles. The number of piperidine rings is 1. The van der Waals surface area contributed by atoms with Gasteiger partial charge in [0.1, 0.15) is 11.4 Å². The topological polar surface area (TPSA) is 48.4 Å². The van der Waals surface area contributed by atoms with Gasteiger partial charge in [0.05, 0.1) is 12.8 Å². The van der Waals surface area contributed by atoms with Crippen LogP contribution in [0.4, 0.5) is 11.4 Å². The van der Waals surface area contributed by atoms with E-state index in [0.29, 0.717) is 5.69 Å². The Morgan fingerprint density at radius 1 is 1.09 bits per heavy atom. The highest BCUT2D eigenvalue weighted by Gasteiger charge is 2.27. The van der Waals surface area contributed by atoms with Crippen LogP contribution in [0.15, 0.2) is 23.4 Å². The molecule has 0 radical (unpaired) electrons. The molecule has 0 aromatic heterocycles. The van der Waals surface area contributed by atoms with E-state index in [0.717, 1.165) is 43.7 Å². The van der Waals surface area contributed by atoms with Crippen molar-refractivity contribution >= 4 is 11.4 Å². The third kappa shape index (κ3) is 3.64. The normalized spacial score (nSPS) is 21.4. The summed E-state index contributed by atoms with van der Waals surface area (Å²) >= 11 is 0. The first-order valence-electron chi connectivity index (χ1n) is 8.40. The second-order valence-corrected chi connectivity index (χ2v) is 6.50. The maximum absolute atomic E-state index is 10.7. The van der Waals surface area contributed by atoms with Gasteiger partial charge in [-0.25, -0.2) is 0 Å². The first kappa shape index (κ1) is 16.2. The van der Waals surface area contributed by atoms with Gasteiger partial charge in [0.25, 0.3) is 0 Å². The Bertz CT molecular complexity index is 535. The van der Waals surface area contributed by atoms with E-state index in [1.165, 1.54) is 25.9 Å². The fraction of sp³-hybridized carbons (Fsp3) is 0.647. The summed E-state index contributed by atoms with van der Waals surface area (Å²) < 4.78 is 5.44. The van der Waals surface area contributed by atoms with Crippen LogP contribution in [0, 0.1) is 4.91 Å². The summed E-state index contributed by atoms with van der Waals surface area (Å²) in [4.78, 5) is 18.1. The fourth-order valence-electron chi connectivity index (χ4n) is 3.67. The number of anilines is 1. The average Bonchev–Trinajstić information content (AvgIpc) is 2.62. The van der Waals surface area contributed by atoms with Crippen molar-refractivity contribution in [2.24, 2.45) is 5.18 Å². The van der Waals surface area contributed by atoms with E-state index >= 15 is 0 Å². The smallest absolute Gasteiger partial charge is 0.144 e. The summed E-state index contributed by atoms with van der Waals surface area (Å²) in [5.74, 6) is 0.731. The van der Waals surface area contributed by atoms with Crippen LogP contribution in [0.3, 0.4) is 0 Å². The van der Waals surface area contributed by atoms with Crippen molar-refractivity contribution < 1.29 is 4.74 Å². The lowest BCUT2D eigenvalue weighted by Crippen LogP contribution is -2.53. The molecule has 2 aliphatic rings. The summed E-state index contributed by atoms with van der Waals surface area (Å²) in [6.45, 7) is 6.58. The van der Waals surface area contributed by atoms with Gasteiger partial charge >= 0.3 is 0 Å². The summed E-state index contributed by atoms with van der Waals surface area (Å²) in [7, 11) is 3.85. The van der Waals surface area contributed by atoms with Crippen LogP contribution in [-0.2, 0) is 0 Å². The van der Waals surface area contributed by atoms with E-state index < -0.39 is 0 Å². The van der Waals surface area contributed by atoms with E-state index in [9.17, 15) is 4.91 Å². The number of rotatable bonds is 4. The molecule has 2 fully saturated rings. The Labute approximate surface area is 138 Å². The predicted molar refractivity (Wildman–Crippen MR) is 92.8 cm³/mol. The summed E-state index contributed by atoms with van der Waals surface area (Å²) in [5, 5.41) is 2.98. The zero-order chi connectivity index (χ0) is 16.2. The van der Waals surface area contributed by atoms with E-state index in [4.69, 9.17) is 4.74 Å². The minimum absolute atomic E-state index is 0.413. The molecule has 0 spiro atoms.